The molecule has 0 fully saturated rings. The van der Waals surface area contributed by atoms with E-state index in [2.05, 4.69) is 0 Å². The quantitative estimate of drug-likeness (QED) is 0.792. The van der Waals surface area contributed by atoms with Gasteiger partial charge in [0.1, 0.15) is 5.75 Å². The van der Waals surface area contributed by atoms with Crippen LogP contribution in [0.5, 0.6) is 5.75 Å². The third-order valence-electron chi connectivity index (χ3n) is 2.55. The van der Waals surface area contributed by atoms with Gasteiger partial charge in [-0.05, 0) is 49.9 Å². The largest absolute Gasteiger partial charge is 0.491 e. The standard InChI is InChI=1S/C13H19ClO3S/c1-8(2)11-7-12(17-9(3)4)10(5)6-13(11)18(14,15)16/h6-9H,1-5H3. The number of ether oxygens (including phenoxy) is 1. The molecule has 0 amide bonds. The topological polar surface area (TPSA) is 43.4 Å². The lowest BCUT2D eigenvalue weighted by Gasteiger charge is -2.17. The fraction of sp³-hybridized carbons (Fsp3) is 0.538. The van der Waals surface area contributed by atoms with E-state index in [4.69, 9.17) is 15.4 Å². The molecule has 0 spiro atoms. The Bertz CT molecular complexity index is 533. The summed E-state index contributed by atoms with van der Waals surface area (Å²) in [5.74, 6) is 0.765. The fourth-order valence-electron chi connectivity index (χ4n) is 1.72. The van der Waals surface area contributed by atoms with E-state index in [9.17, 15) is 8.42 Å². The van der Waals surface area contributed by atoms with E-state index in [1.54, 1.807) is 12.1 Å². The monoisotopic (exact) mass is 290 g/mol. The second-order valence-electron chi connectivity index (χ2n) is 4.91. The summed E-state index contributed by atoms with van der Waals surface area (Å²) in [5.41, 5.74) is 1.46. The molecule has 3 nitrogen and oxygen atoms in total. The van der Waals surface area contributed by atoms with Crippen molar-refractivity contribution in [2.45, 2.75) is 51.5 Å². The Balaban J connectivity index is 3.44. The fourth-order valence-corrected chi connectivity index (χ4v) is 3.02. The zero-order chi connectivity index (χ0) is 14.1. The first-order valence-electron chi connectivity index (χ1n) is 5.88. The van der Waals surface area contributed by atoms with Crippen LogP contribution in [-0.2, 0) is 9.05 Å². The van der Waals surface area contributed by atoms with Gasteiger partial charge in [0.2, 0.25) is 0 Å². The Morgan fingerprint density at radius 2 is 1.72 bits per heavy atom. The lowest BCUT2D eigenvalue weighted by Crippen LogP contribution is -2.09. The summed E-state index contributed by atoms with van der Waals surface area (Å²) >= 11 is 0. The first-order valence-corrected chi connectivity index (χ1v) is 8.19. The highest BCUT2D eigenvalue weighted by Crippen LogP contribution is 2.33. The van der Waals surface area contributed by atoms with Crippen LogP contribution in [0, 0.1) is 6.92 Å². The maximum atomic E-state index is 11.6. The van der Waals surface area contributed by atoms with Gasteiger partial charge in [-0.15, -0.1) is 0 Å². The van der Waals surface area contributed by atoms with Gasteiger partial charge in [0, 0.05) is 10.7 Å². The van der Waals surface area contributed by atoms with Crippen molar-refractivity contribution in [3.05, 3.63) is 23.3 Å². The van der Waals surface area contributed by atoms with E-state index in [1.807, 2.05) is 34.6 Å². The Labute approximate surface area is 114 Å². The Hall–Kier alpha value is -0.740. The predicted octanol–water partition coefficient (Wildman–Crippen LogP) is 3.83. The maximum absolute atomic E-state index is 11.6. The van der Waals surface area contributed by atoms with Crippen LogP contribution in [0.25, 0.3) is 0 Å². The maximum Gasteiger partial charge on any atom is 0.261 e. The zero-order valence-corrected chi connectivity index (χ0v) is 12.9. The molecular formula is C13H19ClO3S. The van der Waals surface area contributed by atoms with Crippen molar-refractivity contribution in [2.75, 3.05) is 0 Å². The molecule has 102 valence electrons. The van der Waals surface area contributed by atoms with Crippen LogP contribution in [0.2, 0.25) is 0 Å². The molecule has 1 aromatic rings. The minimum absolute atomic E-state index is 0.0437. The molecule has 0 atom stereocenters. The van der Waals surface area contributed by atoms with Crippen LogP contribution in [0.3, 0.4) is 0 Å². The van der Waals surface area contributed by atoms with Crippen molar-refractivity contribution in [3.63, 3.8) is 0 Å². The van der Waals surface area contributed by atoms with Gasteiger partial charge < -0.3 is 4.74 Å². The number of hydrogen-bond acceptors (Lipinski definition) is 3. The smallest absolute Gasteiger partial charge is 0.261 e. The Morgan fingerprint density at radius 1 is 1.17 bits per heavy atom. The highest BCUT2D eigenvalue weighted by Gasteiger charge is 2.20. The third-order valence-corrected chi connectivity index (χ3v) is 3.93. The molecule has 5 heteroatoms. The van der Waals surface area contributed by atoms with Crippen molar-refractivity contribution in [1.82, 2.24) is 0 Å². The van der Waals surface area contributed by atoms with Gasteiger partial charge in [0.15, 0.2) is 0 Å². The molecule has 1 rings (SSSR count). The van der Waals surface area contributed by atoms with Crippen LogP contribution >= 0.6 is 10.7 Å². The van der Waals surface area contributed by atoms with Crippen molar-refractivity contribution < 1.29 is 13.2 Å². The Morgan fingerprint density at radius 3 is 2.11 bits per heavy atom. The SMILES string of the molecule is Cc1cc(S(=O)(=O)Cl)c(C(C)C)cc1OC(C)C. The van der Waals surface area contributed by atoms with Gasteiger partial charge >= 0.3 is 0 Å². The molecule has 0 bridgehead atoms. The van der Waals surface area contributed by atoms with Crippen molar-refractivity contribution in [1.29, 1.82) is 0 Å². The lowest BCUT2D eigenvalue weighted by molar-refractivity contribution is 0.240. The van der Waals surface area contributed by atoms with Crippen LogP contribution in [0.1, 0.15) is 44.7 Å². The number of benzene rings is 1. The van der Waals surface area contributed by atoms with Crippen molar-refractivity contribution in [3.8, 4) is 5.75 Å². The van der Waals surface area contributed by atoms with E-state index in [1.165, 1.54) is 0 Å². The van der Waals surface area contributed by atoms with E-state index in [0.29, 0.717) is 11.3 Å². The molecule has 1 aromatic carbocycles. The Kier molecular flexibility index (Phi) is 4.67. The number of hydrogen-bond donors (Lipinski definition) is 0. The summed E-state index contributed by atoms with van der Waals surface area (Å²) in [7, 11) is 1.74. The van der Waals surface area contributed by atoms with Gasteiger partial charge in [0.25, 0.3) is 9.05 Å². The molecule has 0 saturated carbocycles. The molecule has 0 N–H and O–H groups in total. The highest BCUT2D eigenvalue weighted by molar-refractivity contribution is 8.13. The van der Waals surface area contributed by atoms with Gasteiger partial charge in [-0.2, -0.15) is 0 Å². The minimum Gasteiger partial charge on any atom is -0.491 e. The third kappa shape index (κ3) is 3.62. The highest BCUT2D eigenvalue weighted by atomic mass is 35.7. The number of halogens is 1. The molecular weight excluding hydrogens is 272 g/mol. The van der Waals surface area contributed by atoms with Gasteiger partial charge in [0.05, 0.1) is 11.0 Å². The van der Waals surface area contributed by atoms with E-state index >= 15 is 0 Å². The second-order valence-corrected chi connectivity index (χ2v) is 7.45. The van der Waals surface area contributed by atoms with Crippen molar-refractivity contribution in [2.24, 2.45) is 0 Å². The molecule has 0 aliphatic carbocycles. The summed E-state index contributed by atoms with van der Waals surface area (Å²) in [5, 5.41) is 0. The normalized spacial score (nSPS) is 12.2. The van der Waals surface area contributed by atoms with Crippen LogP contribution in [0.15, 0.2) is 17.0 Å². The van der Waals surface area contributed by atoms with E-state index < -0.39 is 9.05 Å². The van der Waals surface area contributed by atoms with Gasteiger partial charge in [-0.25, -0.2) is 8.42 Å². The molecule has 0 unspecified atom stereocenters. The van der Waals surface area contributed by atoms with Crippen molar-refractivity contribution >= 4 is 19.7 Å². The minimum atomic E-state index is -3.73. The first kappa shape index (κ1) is 15.3. The second kappa shape index (κ2) is 5.49. The summed E-state index contributed by atoms with van der Waals surface area (Å²) in [6, 6.07) is 3.35. The number of aryl methyl sites for hydroxylation is 1. The lowest BCUT2D eigenvalue weighted by atomic mass is 10.0. The summed E-state index contributed by atoms with van der Waals surface area (Å²) < 4.78 is 28.8. The summed E-state index contributed by atoms with van der Waals surface area (Å²) in [6.07, 6.45) is 0.0437. The molecule has 0 saturated heterocycles. The molecule has 0 radical (unpaired) electrons. The summed E-state index contributed by atoms with van der Waals surface area (Å²) in [6.45, 7) is 9.53. The van der Waals surface area contributed by atoms with Gasteiger partial charge in [-0.1, -0.05) is 13.8 Å². The molecule has 0 aliphatic rings. The first-order chi connectivity index (χ1) is 8.12. The van der Waals surface area contributed by atoms with E-state index in [0.717, 1.165) is 5.56 Å². The number of rotatable bonds is 4. The average Bonchev–Trinajstić information content (AvgIpc) is 2.17. The van der Waals surface area contributed by atoms with Crippen LogP contribution in [-0.4, -0.2) is 14.5 Å². The predicted molar refractivity (Wildman–Crippen MR) is 74.1 cm³/mol. The molecule has 0 aliphatic heterocycles. The molecule has 18 heavy (non-hydrogen) atoms. The molecule has 0 heterocycles. The summed E-state index contributed by atoms with van der Waals surface area (Å²) in [4.78, 5) is 0.174. The van der Waals surface area contributed by atoms with E-state index in [-0.39, 0.29) is 16.9 Å². The average molecular weight is 291 g/mol. The zero-order valence-electron chi connectivity index (χ0n) is 11.3. The van der Waals surface area contributed by atoms with Crippen LogP contribution < -0.4 is 4.74 Å². The van der Waals surface area contributed by atoms with Crippen LogP contribution in [0.4, 0.5) is 0 Å². The molecule has 0 aromatic heterocycles. The van der Waals surface area contributed by atoms with Gasteiger partial charge in [-0.3, -0.25) is 0 Å².